The first-order valence-electron chi connectivity index (χ1n) is 12.4. The van der Waals surface area contributed by atoms with Crippen LogP contribution < -0.4 is 20.1 Å². The van der Waals surface area contributed by atoms with Gasteiger partial charge in [-0.25, -0.2) is 9.97 Å². The molecule has 1 aliphatic rings. The summed E-state index contributed by atoms with van der Waals surface area (Å²) in [5.41, 5.74) is 3.21. The van der Waals surface area contributed by atoms with Crippen LogP contribution in [0.2, 0.25) is 0 Å². The molecule has 2 N–H and O–H groups in total. The zero-order valence-electron chi connectivity index (χ0n) is 21.0. The Kier molecular flexibility index (Phi) is 8.18. The van der Waals surface area contributed by atoms with E-state index in [2.05, 4.69) is 54.7 Å². The van der Waals surface area contributed by atoms with Gasteiger partial charge < -0.3 is 24.8 Å². The van der Waals surface area contributed by atoms with E-state index in [1.54, 1.807) is 14.2 Å². The molecule has 0 amide bonds. The van der Waals surface area contributed by atoms with E-state index in [0.717, 1.165) is 62.9 Å². The van der Waals surface area contributed by atoms with E-state index in [1.165, 1.54) is 0 Å². The highest BCUT2D eigenvalue weighted by atomic mass is 79.9. The van der Waals surface area contributed by atoms with Crippen molar-refractivity contribution in [3.63, 3.8) is 0 Å². The Hall–Kier alpha value is -3.20. The Morgan fingerprint density at radius 1 is 1.00 bits per heavy atom. The Bertz CT molecular complexity index is 1350. The van der Waals surface area contributed by atoms with Gasteiger partial charge in [0.05, 0.1) is 26.9 Å². The van der Waals surface area contributed by atoms with Crippen LogP contribution in [0.4, 0.5) is 5.95 Å². The monoisotopic (exact) mass is 562 g/mol. The van der Waals surface area contributed by atoms with E-state index in [0.29, 0.717) is 19.1 Å². The van der Waals surface area contributed by atoms with Crippen LogP contribution in [-0.2, 0) is 17.9 Å². The molecule has 0 saturated carbocycles. The van der Waals surface area contributed by atoms with Crippen molar-refractivity contribution in [2.24, 2.45) is 0 Å². The van der Waals surface area contributed by atoms with Crippen molar-refractivity contribution in [3.8, 4) is 11.5 Å². The molecule has 5 rings (SSSR count). The van der Waals surface area contributed by atoms with Crippen molar-refractivity contribution in [3.05, 3.63) is 88.2 Å². The lowest BCUT2D eigenvalue weighted by Crippen LogP contribution is -2.41. The molecule has 1 saturated heterocycles. The highest BCUT2D eigenvalue weighted by molar-refractivity contribution is 9.10. The summed E-state index contributed by atoms with van der Waals surface area (Å²) in [5, 5.41) is 8.81. The number of hydrogen-bond acceptors (Lipinski definition) is 7. The van der Waals surface area contributed by atoms with Gasteiger partial charge in [-0.05, 0) is 42.3 Å². The summed E-state index contributed by atoms with van der Waals surface area (Å²) in [4.78, 5) is 9.16. The number of ether oxygens (including phenoxy) is 3. The maximum atomic E-state index is 6.50. The van der Waals surface area contributed by atoms with E-state index < -0.39 is 0 Å². The van der Waals surface area contributed by atoms with Crippen molar-refractivity contribution in [2.45, 2.75) is 31.6 Å². The number of benzene rings is 3. The van der Waals surface area contributed by atoms with Gasteiger partial charge in [0.25, 0.3) is 0 Å². The number of halogens is 1. The number of nitrogens with one attached hydrogen (secondary N) is 2. The van der Waals surface area contributed by atoms with Crippen LogP contribution in [0, 0.1) is 0 Å². The van der Waals surface area contributed by atoms with Gasteiger partial charge in [-0.3, -0.25) is 0 Å². The smallest absolute Gasteiger partial charge is 0.222 e. The third-order valence-electron chi connectivity index (χ3n) is 6.78. The summed E-state index contributed by atoms with van der Waals surface area (Å²) in [7, 11) is 3.39. The summed E-state index contributed by atoms with van der Waals surface area (Å²) in [6.45, 7) is 2.77. The second-order valence-corrected chi connectivity index (χ2v) is 10.0. The molecule has 0 bridgehead atoms. The predicted molar refractivity (Wildman–Crippen MR) is 149 cm³/mol. The lowest BCUT2D eigenvalue weighted by Gasteiger charge is -2.32. The molecule has 0 aliphatic carbocycles. The second kappa shape index (κ2) is 11.9. The molecule has 192 valence electrons. The summed E-state index contributed by atoms with van der Waals surface area (Å²) < 4.78 is 19.0. The van der Waals surface area contributed by atoms with Gasteiger partial charge >= 0.3 is 0 Å². The summed E-state index contributed by atoms with van der Waals surface area (Å²) in [6, 6.07) is 18.3. The third-order valence-corrected chi connectivity index (χ3v) is 7.27. The first-order valence-corrected chi connectivity index (χ1v) is 13.2. The van der Waals surface area contributed by atoms with Crippen molar-refractivity contribution in [1.29, 1.82) is 0 Å². The van der Waals surface area contributed by atoms with Crippen LogP contribution in [-0.4, -0.2) is 43.4 Å². The molecular weight excluding hydrogens is 532 g/mol. The molecule has 4 aromatic rings. The number of nitrogens with zero attached hydrogens (tertiary/aromatic N) is 2. The van der Waals surface area contributed by atoms with Crippen molar-refractivity contribution in [1.82, 2.24) is 15.3 Å². The molecule has 2 unspecified atom stereocenters. The fourth-order valence-electron chi connectivity index (χ4n) is 4.92. The van der Waals surface area contributed by atoms with E-state index in [1.807, 2.05) is 48.8 Å². The molecule has 8 heteroatoms. The minimum atomic E-state index is -0.0139. The zero-order chi connectivity index (χ0) is 25.6. The largest absolute Gasteiger partial charge is 0.496 e. The quantitative estimate of drug-likeness (QED) is 0.271. The normalized spacial score (nSPS) is 17.5. The molecule has 1 aromatic heterocycles. The average Bonchev–Trinajstić information content (AvgIpc) is 2.95. The van der Waals surface area contributed by atoms with Crippen molar-refractivity contribution in [2.75, 3.05) is 32.6 Å². The SMILES string of the molecule is COc1cc(COC2CNCCC2c2cnc(NCc3cccc(Br)c3)nc2)c(OC)c2ccccc12. The summed E-state index contributed by atoms with van der Waals surface area (Å²) in [6.07, 6.45) is 4.78. The standard InChI is InChI=1S/C29H31BrN4O3/c1-35-26-13-20(28(36-2)25-9-4-3-8-24(25)26)18-37-27-17-31-11-10-23(27)21-15-33-29(34-16-21)32-14-19-6-5-7-22(30)12-19/h3-9,12-13,15-16,23,27,31H,10-11,14,17-18H2,1-2H3,(H,32,33,34). The van der Waals surface area contributed by atoms with E-state index >= 15 is 0 Å². The summed E-state index contributed by atoms with van der Waals surface area (Å²) >= 11 is 3.51. The molecule has 0 spiro atoms. The van der Waals surface area contributed by atoms with Crippen LogP contribution in [0.5, 0.6) is 11.5 Å². The number of hydrogen-bond donors (Lipinski definition) is 2. The highest BCUT2D eigenvalue weighted by Crippen LogP contribution is 2.38. The highest BCUT2D eigenvalue weighted by Gasteiger charge is 2.28. The molecule has 0 radical (unpaired) electrons. The fraction of sp³-hybridized carbons (Fsp3) is 0.310. The topological polar surface area (TPSA) is 77.5 Å². The van der Waals surface area contributed by atoms with Gasteiger partial charge in [0.1, 0.15) is 11.5 Å². The maximum absolute atomic E-state index is 6.50. The number of piperidine rings is 1. The van der Waals surface area contributed by atoms with Crippen LogP contribution in [0.15, 0.2) is 71.5 Å². The lowest BCUT2D eigenvalue weighted by molar-refractivity contribution is 0.00970. The van der Waals surface area contributed by atoms with Gasteiger partial charge in [-0.2, -0.15) is 0 Å². The average molecular weight is 563 g/mol. The molecule has 3 aromatic carbocycles. The fourth-order valence-corrected chi connectivity index (χ4v) is 5.37. The van der Waals surface area contributed by atoms with Crippen LogP contribution in [0.3, 0.4) is 0 Å². The minimum Gasteiger partial charge on any atom is -0.496 e. The van der Waals surface area contributed by atoms with Gasteiger partial charge in [-0.1, -0.05) is 52.3 Å². The van der Waals surface area contributed by atoms with Crippen molar-refractivity contribution < 1.29 is 14.2 Å². The Balaban J connectivity index is 1.29. The van der Waals surface area contributed by atoms with E-state index in [-0.39, 0.29) is 12.0 Å². The Morgan fingerprint density at radius 2 is 1.81 bits per heavy atom. The van der Waals surface area contributed by atoms with Crippen LogP contribution in [0.1, 0.15) is 29.0 Å². The van der Waals surface area contributed by atoms with Gasteiger partial charge in [0.2, 0.25) is 5.95 Å². The molecule has 37 heavy (non-hydrogen) atoms. The molecule has 2 atom stereocenters. The number of aromatic nitrogens is 2. The summed E-state index contributed by atoms with van der Waals surface area (Å²) in [5.74, 6) is 2.45. The van der Waals surface area contributed by atoms with Gasteiger partial charge in [-0.15, -0.1) is 0 Å². The Labute approximate surface area is 225 Å². The third kappa shape index (κ3) is 5.87. The van der Waals surface area contributed by atoms with E-state index in [9.17, 15) is 0 Å². The number of methoxy groups -OCH3 is 2. The molecule has 1 fully saturated rings. The van der Waals surface area contributed by atoms with Crippen LogP contribution >= 0.6 is 15.9 Å². The van der Waals surface area contributed by atoms with Crippen molar-refractivity contribution >= 4 is 32.7 Å². The van der Waals surface area contributed by atoms with Gasteiger partial charge in [0.15, 0.2) is 0 Å². The molecular formula is C29H31BrN4O3. The number of anilines is 1. The predicted octanol–water partition coefficient (Wildman–Crippen LogP) is 5.68. The second-order valence-electron chi connectivity index (χ2n) is 9.09. The van der Waals surface area contributed by atoms with E-state index in [4.69, 9.17) is 14.2 Å². The zero-order valence-corrected chi connectivity index (χ0v) is 22.6. The maximum Gasteiger partial charge on any atom is 0.222 e. The number of fused-ring (bicyclic) bond motifs is 1. The Morgan fingerprint density at radius 3 is 2.57 bits per heavy atom. The minimum absolute atomic E-state index is 0.0139. The first kappa shape index (κ1) is 25.4. The van der Waals surface area contributed by atoms with Crippen LogP contribution in [0.25, 0.3) is 10.8 Å². The number of rotatable bonds is 9. The molecule has 1 aliphatic heterocycles. The molecule has 7 nitrogen and oxygen atoms in total. The molecule has 2 heterocycles. The lowest BCUT2D eigenvalue weighted by atomic mass is 9.89. The van der Waals surface area contributed by atoms with Gasteiger partial charge in [0, 0.05) is 52.2 Å². The first-order chi connectivity index (χ1) is 18.2.